The summed E-state index contributed by atoms with van der Waals surface area (Å²) in [4.78, 5) is 28.5. The quantitative estimate of drug-likeness (QED) is 0.756. The summed E-state index contributed by atoms with van der Waals surface area (Å²) in [6.07, 6.45) is 0. The second-order valence-corrected chi connectivity index (χ2v) is 5.06. The third-order valence-electron chi connectivity index (χ3n) is 2.53. The molecule has 0 N–H and O–H groups in total. The molecular weight excluding hydrogens is 308 g/mol. The molecule has 4 nitrogen and oxygen atoms in total. The molecular formula is C14H15BrN2O2. The molecule has 0 aliphatic heterocycles. The minimum Gasteiger partial charge on any atom is -0.291 e. The van der Waals surface area contributed by atoms with Crippen molar-refractivity contribution in [3.8, 4) is 0 Å². The maximum atomic E-state index is 9.79. The number of carbonyl (C=O) groups excluding carboxylic acids is 2. The fourth-order valence-corrected chi connectivity index (χ4v) is 1.55. The van der Waals surface area contributed by atoms with Crippen molar-refractivity contribution in [3.63, 3.8) is 0 Å². The van der Waals surface area contributed by atoms with Crippen LogP contribution in [0.2, 0.25) is 0 Å². The van der Waals surface area contributed by atoms with Crippen molar-refractivity contribution in [2.75, 3.05) is 0 Å². The molecule has 19 heavy (non-hydrogen) atoms. The Morgan fingerprint density at radius 2 is 1.42 bits per heavy atom. The summed E-state index contributed by atoms with van der Waals surface area (Å²) < 4.78 is 1.04. The Hall–Kier alpha value is -1.62. The second kappa shape index (κ2) is 6.52. The summed E-state index contributed by atoms with van der Waals surface area (Å²) >= 11 is 3.41. The highest BCUT2D eigenvalue weighted by Crippen LogP contribution is 2.17. The molecule has 2 rings (SSSR count). The summed E-state index contributed by atoms with van der Waals surface area (Å²) in [5.41, 5.74) is 3.88. The first-order chi connectivity index (χ1) is 8.81. The van der Waals surface area contributed by atoms with Crippen LogP contribution in [0.25, 0.3) is 11.0 Å². The number of Topliss-reactive ketones (excluding diaryl/α,β-unsaturated/α-hetero) is 2. The lowest BCUT2D eigenvalue weighted by Gasteiger charge is -2.01. The lowest BCUT2D eigenvalue weighted by molar-refractivity contribution is -0.134. The fourth-order valence-electron chi connectivity index (χ4n) is 1.20. The lowest BCUT2D eigenvalue weighted by Crippen LogP contribution is -2.01. The standard InChI is InChI=1S/C10H9BrN2.C4H6O2/c1-6-7(2)13-10-5-8(11)3-4-9(10)12-6;1-3(5)4(2)6/h3-5H,1-2H3;1-2H3. The number of fused-ring (bicyclic) bond motifs is 1. The minimum atomic E-state index is -0.380. The molecule has 1 aromatic heterocycles. The highest BCUT2D eigenvalue weighted by atomic mass is 79.9. The van der Waals surface area contributed by atoms with Gasteiger partial charge in [-0.05, 0) is 32.0 Å². The number of nitrogens with zero attached hydrogens (tertiary/aromatic N) is 2. The summed E-state index contributed by atoms with van der Waals surface area (Å²) in [5.74, 6) is -0.759. The van der Waals surface area contributed by atoms with Crippen LogP contribution in [0.4, 0.5) is 0 Å². The maximum Gasteiger partial charge on any atom is 0.195 e. The van der Waals surface area contributed by atoms with Gasteiger partial charge in [-0.3, -0.25) is 9.59 Å². The Bertz CT molecular complexity index is 627. The number of ketones is 2. The molecule has 0 fully saturated rings. The molecule has 100 valence electrons. The molecule has 0 bridgehead atoms. The van der Waals surface area contributed by atoms with Crippen LogP contribution in [0, 0.1) is 13.8 Å². The van der Waals surface area contributed by atoms with Gasteiger partial charge in [-0.1, -0.05) is 15.9 Å². The molecule has 0 unspecified atom stereocenters. The number of aryl methyl sites for hydroxylation is 2. The van der Waals surface area contributed by atoms with E-state index in [2.05, 4.69) is 25.9 Å². The Kier molecular flexibility index (Phi) is 5.30. The van der Waals surface area contributed by atoms with Gasteiger partial charge in [0.25, 0.3) is 0 Å². The summed E-state index contributed by atoms with van der Waals surface area (Å²) in [6.45, 7) is 6.46. The smallest absolute Gasteiger partial charge is 0.195 e. The van der Waals surface area contributed by atoms with Gasteiger partial charge in [0.05, 0.1) is 22.4 Å². The molecule has 0 radical (unpaired) electrons. The SMILES string of the molecule is CC(=O)C(C)=O.Cc1nc2ccc(Br)cc2nc1C. The molecule has 1 heterocycles. The van der Waals surface area contributed by atoms with Gasteiger partial charge in [0, 0.05) is 18.3 Å². The van der Waals surface area contributed by atoms with Crippen LogP contribution in [-0.4, -0.2) is 21.5 Å². The molecule has 0 saturated carbocycles. The van der Waals surface area contributed by atoms with Crippen LogP contribution in [0.5, 0.6) is 0 Å². The van der Waals surface area contributed by atoms with Crippen molar-refractivity contribution >= 4 is 38.5 Å². The van der Waals surface area contributed by atoms with Crippen LogP contribution in [0.15, 0.2) is 22.7 Å². The first-order valence-corrected chi connectivity index (χ1v) is 6.52. The van der Waals surface area contributed by atoms with E-state index >= 15 is 0 Å². The van der Waals surface area contributed by atoms with E-state index in [0.29, 0.717) is 0 Å². The highest BCUT2D eigenvalue weighted by molar-refractivity contribution is 9.10. The number of benzene rings is 1. The largest absolute Gasteiger partial charge is 0.291 e. The third kappa shape index (κ3) is 4.52. The zero-order valence-electron chi connectivity index (χ0n) is 11.3. The molecule has 0 amide bonds. The molecule has 0 aliphatic rings. The topological polar surface area (TPSA) is 59.9 Å². The zero-order chi connectivity index (χ0) is 14.6. The lowest BCUT2D eigenvalue weighted by atomic mass is 10.2. The van der Waals surface area contributed by atoms with Gasteiger partial charge in [0.2, 0.25) is 0 Å². The Morgan fingerprint density at radius 1 is 0.947 bits per heavy atom. The van der Waals surface area contributed by atoms with Crippen molar-refractivity contribution in [2.45, 2.75) is 27.7 Å². The Balaban J connectivity index is 0.000000258. The van der Waals surface area contributed by atoms with Crippen LogP contribution in [-0.2, 0) is 9.59 Å². The van der Waals surface area contributed by atoms with Crippen molar-refractivity contribution in [1.29, 1.82) is 0 Å². The third-order valence-corrected chi connectivity index (χ3v) is 3.03. The minimum absolute atomic E-state index is 0.380. The number of rotatable bonds is 1. The van der Waals surface area contributed by atoms with Gasteiger partial charge in [-0.25, -0.2) is 9.97 Å². The summed E-state index contributed by atoms with van der Waals surface area (Å²) in [7, 11) is 0. The number of carbonyl (C=O) groups is 2. The molecule has 0 atom stereocenters. The molecule has 2 aromatic rings. The number of aromatic nitrogens is 2. The first-order valence-electron chi connectivity index (χ1n) is 5.73. The number of hydrogen-bond acceptors (Lipinski definition) is 4. The first kappa shape index (κ1) is 15.4. The van der Waals surface area contributed by atoms with E-state index in [-0.39, 0.29) is 11.6 Å². The van der Waals surface area contributed by atoms with Gasteiger partial charge in [-0.2, -0.15) is 0 Å². The molecule has 1 aromatic carbocycles. The van der Waals surface area contributed by atoms with Gasteiger partial charge >= 0.3 is 0 Å². The van der Waals surface area contributed by atoms with Crippen LogP contribution >= 0.6 is 15.9 Å². The molecule has 0 saturated heterocycles. The zero-order valence-corrected chi connectivity index (χ0v) is 12.9. The van der Waals surface area contributed by atoms with E-state index in [0.717, 1.165) is 26.9 Å². The van der Waals surface area contributed by atoms with E-state index in [1.165, 1.54) is 13.8 Å². The number of hydrogen-bond donors (Lipinski definition) is 0. The van der Waals surface area contributed by atoms with Gasteiger partial charge in [0.1, 0.15) is 0 Å². The van der Waals surface area contributed by atoms with E-state index in [9.17, 15) is 9.59 Å². The van der Waals surface area contributed by atoms with Crippen molar-refractivity contribution in [1.82, 2.24) is 9.97 Å². The van der Waals surface area contributed by atoms with E-state index in [1.54, 1.807) is 0 Å². The average molecular weight is 323 g/mol. The van der Waals surface area contributed by atoms with Gasteiger partial charge in [0.15, 0.2) is 11.6 Å². The molecule has 0 spiro atoms. The van der Waals surface area contributed by atoms with E-state index in [4.69, 9.17) is 0 Å². The highest BCUT2D eigenvalue weighted by Gasteiger charge is 2.00. The monoisotopic (exact) mass is 322 g/mol. The second-order valence-electron chi connectivity index (χ2n) is 4.14. The predicted octanol–water partition coefficient (Wildman–Crippen LogP) is 3.17. The van der Waals surface area contributed by atoms with Gasteiger partial charge in [-0.15, -0.1) is 0 Å². The fraction of sp³-hybridized carbons (Fsp3) is 0.286. The predicted molar refractivity (Wildman–Crippen MR) is 78.1 cm³/mol. The van der Waals surface area contributed by atoms with Crippen LogP contribution < -0.4 is 0 Å². The van der Waals surface area contributed by atoms with Crippen molar-refractivity contribution in [2.24, 2.45) is 0 Å². The average Bonchev–Trinajstić information content (AvgIpc) is 2.32. The van der Waals surface area contributed by atoms with E-state index in [1.807, 2.05) is 32.0 Å². The number of halogens is 1. The normalized spacial score (nSPS) is 9.74. The maximum absolute atomic E-state index is 9.79. The summed E-state index contributed by atoms with van der Waals surface area (Å²) in [5, 5.41) is 0. The Morgan fingerprint density at radius 3 is 1.89 bits per heavy atom. The molecule has 5 heteroatoms. The van der Waals surface area contributed by atoms with Crippen molar-refractivity contribution in [3.05, 3.63) is 34.1 Å². The molecule has 0 aliphatic carbocycles. The Labute approximate surface area is 120 Å². The van der Waals surface area contributed by atoms with Crippen molar-refractivity contribution < 1.29 is 9.59 Å². The van der Waals surface area contributed by atoms with Gasteiger partial charge < -0.3 is 0 Å². The summed E-state index contributed by atoms with van der Waals surface area (Å²) in [6, 6.07) is 5.93. The van der Waals surface area contributed by atoms with Crippen LogP contribution in [0.1, 0.15) is 25.2 Å². The van der Waals surface area contributed by atoms with E-state index < -0.39 is 0 Å². The van der Waals surface area contributed by atoms with Crippen LogP contribution in [0.3, 0.4) is 0 Å².